The van der Waals surface area contributed by atoms with Gasteiger partial charge in [0, 0.05) is 11.7 Å². The van der Waals surface area contributed by atoms with E-state index >= 15 is 0 Å². The molecule has 0 bridgehead atoms. The summed E-state index contributed by atoms with van der Waals surface area (Å²) in [5.41, 5.74) is 8.03. The molecule has 1 aromatic rings. The number of hydrogen-bond donors (Lipinski definition) is 2. The Kier molecular flexibility index (Phi) is 2.15. The second-order valence-corrected chi connectivity index (χ2v) is 3.83. The third-order valence-corrected chi connectivity index (χ3v) is 2.69. The van der Waals surface area contributed by atoms with E-state index in [0.29, 0.717) is 12.6 Å². The van der Waals surface area contributed by atoms with Crippen LogP contribution in [0.25, 0.3) is 0 Å². The van der Waals surface area contributed by atoms with Gasteiger partial charge in [-0.3, -0.25) is 5.41 Å². The predicted octanol–water partition coefficient (Wildman–Crippen LogP) is 1.37. The van der Waals surface area contributed by atoms with E-state index in [4.69, 9.17) is 11.1 Å². The maximum Gasteiger partial charge on any atom is 0.110 e. The van der Waals surface area contributed by atoms with Crippen LogP contribution >= 0.6 is 0 Å². The van der Waals surface area contributed by atoms with E-state index in [2.05, 4.69) is 30.0 Å². The molecule has 1 heterocycles. The maximum atomic E-state index is 7.33. The zero-order valence-corrected chi connectivity index (χ0v) is 8.33. The zero-order chi connectivity index (χ0) is 10.1. The first kappa shape index (κ1) is 9.06. The van der Waals surface area contributed by atoms with Crippen molar-refractivity contribution in [3.63, 3.8) is 0 Å². The van der Waals surface area contributed by atoms with Gasteiger partial charge in [-0.15, -0.1) is 0 Å². The Bertz CT molecular complexity index is 359. The number of para-hydroxylation sites is 1. The van der Waals surface area contributed by atoms with Crippen LogP contribution in [0.3, 0.4) is 0 Å². The average Bonchev–Trinajstić information content (AvgIpc) is 2.43. The van der Waals surface area contributed by atoms with Crippen molar-refractivity contribution in [1.29, 1.82) is 5.41 Å². The number of fused-ring (bicyclic) bond motifs is 1. The molecule has 1 aromatic carbocycles. The van der Waals surface area contributed by atoms with Gasteiger partial charge in [-0.2, -0.15) is 0 Å². The van der Waals surface area contributed by atoms with Crippen molar-refractivity contribution in [2.24, 2.45) is 5.73 Å². The Balaban J connectivity index is 2.30. The van der Waals surface area contributed by atoms with Gasteiger partial charge in [-0.1, -0.05) is 18.2 Å². The molecule has 0 aliphatic carbocycles. The predicted molar refractivity (Wildman–Crippen MR) is 58.9 cm³/mol. The normalized spacial score (nSPS) is 19.5. The summed E-state index contributed by atoms with van der Waals surface area (Å²) in [6, 6.07) is 8.79. The highest BCUT2D eigenvalue weighted by Crippen LogP contribution is 2.31. The van der Waals surface area contributed by atoms with E-state index in [9.17, 15) is 0 Å². The lowest BCUT2D eigenvalue weighted by atomic mass is 10.1. The van der Waals surface area contributed by atoms with Gasteiger partial charge >= 0.3 is 0 Å². The summed E-state index contributed by atoms with van der Waals surface area (Å²) in [6.45, 7) is 2.71. The monoisotopic (exact) mass is 189 g/mol. The second kappa shape index (κ2) is 3.33. The van der Waals surface area contributed by atoms with Gasteiger partial charge in [0.25, 0.3) is 0 Å². The molecule has 0 fully saturated rings. The molecular formula is C11H15N3. The Labute approximate surface area is 84.0 Å². The Hall–Kier alpha value is -1.51. The van der Waals surface area contributed by atoms with Crippen LogP contribution in [0.15, 0.2) is 24.3 Å². The molecule has 1 aliphatic heterocycles. The lowest BCUT2D eigenvalue weighted by Gasteiger charge is -2.23. The van der Waals surface area contributed by atoms with Crippen LogP contribution in [-0.2, 0) is 6.42 Å². The van der Waals surface area contributed by atoms with Crippen LogP contribution in [0.2, 0.25) is 0 Å². The molecule has 1 aliphatic rings. The fourth-order valence-electron chi connectivity index (χ4n) is 2.05. The summed E-state index contributed by atoms with van der Waals surface area (Å²) in [5.74, 6) is 0.230. The van der Waals surface area contributed by atoms with Crippen molar-refractivity contribution in [2.45, 2.75) is 19.4 Å². The number of rotatable bonds is 2. The molecule has 3 nitrogen and oxygen atoms in total. The van der Waals surface area contributed by atoms with Gasteiger partial charge in [-0.05, 0) is 25.0 Å². The highest BCUT2D eigenvalue weighted by atomic mass is 15.2. The quantitative estimate of drug-likeness (QED) is 0.545. The lowest BCUT2D eigenvalue weighted by molar-refractivity contribution is 0.712. The molecule has 0 spiro atoms. The molecular weight excluding hydrogens is 174 g/mol. The summed E-state index contributed by atoms with van der Waals surface area (Å²) >= 11 is 0. The summed E-state index contributed by atoms with van der Waals surface area (Å²) in [5, 5.41) is 7.33. The van der Waals surface area contributed by atoms with Crippen molar-refractivity contribution in [1.82, 2.24) is 0 Å². The van der Waals surface area contributed by atoms with Gasteiger partial charge in [-0.25, -0.2) is 0 Å². The first-order valence-corrected chi connectivity index (χ1v) is 4.86. The number of anilines is 1. The molecule has 3 heteroatoms. The van der Waals surface area contributed by atoms with E-state index in [1.807, 2.05) is 6.07 Å². The van der Waals surface area contributed by atoms with Gasteiger partial charge < -0.3 is 10.6 Å². The smallest absolute Gasteiger partial charge is 0.110 e. The van der Waals surface area contributed by atoms with Crippen LogP contribution < -0.4 is 10.6 Å². The molecule has 0 saturated heterocycles. The molecule has 0 aromatic heterocycles. The fourth-order valence-corrected chi connectivity index (χ4v) is 2.05. The molecule has 2 rings (SSSR count). The summed E-state index contributed by atoms with van der Waals surface area (Å²) in [7, 11) is 0. The summed E-state index contributed by atoms with van der Waals surface area (Å²) in [4.78, 5) is 2.19. The van der Waals surface area contributed by atoms with E-state index in [-0.39, 0.29) is 5.84 Å². The minimum absolute atomic E-state index is 0.230. The summed E-state index contributed by atoms with van der Waals surface area (Å²) in [6.07, 6.45) is 1.06. The highest BCUT2D eigenvalue weighted by molar-refractivity contribution is 5.83. The molecule has 0 saturated carbocycles. The van der Waals surface area contributed by atoms with Crippen molar-refractivity contribution < 1.29 is 0 Å². The molecule has 0 radical (unpaired) electrons. The van der Waals surface area contributed by atoms with Crippen molar-refractivity contribution >= 4 is 11.5 Å². The third-order valence-electron chi connectivity index (χ3n) is 2.69. The van der Waals surface area contributed by atoms with Crippen LogP contribution in [0.1, 0.15) is 12.5 Å². The lowest BCUT2D eigenvalue weighted by Crippen LogP contribution is -2.37. The number of nitrogens with zero attached hydrogens (tertiary/aromatic N) is 1. The summed E-state index contributed by atoms with van der Waals surface area (Å²) < 4.78 is 0. The first-order valence-electron chi connectivity index (χ1n) is 4.86. The fraction of sp³-hybridized carbons (Fsp3) is 0.364. The highest BCUT2D eigenvalue weighted by Gasteiger charge is 2.25. The van der Waals surface area contributed by atoms with E-state index < -0.39 is 0 Å². The van der Waals surface area contributed by atoms with Gasteiger partial charge in [0.05, 0.1) is 6.54 Å². The minimum atomic E-state index is 0.230. The second-order valence-electron chi connectivity index (χ2n) is 3.83. The Morgan fingerprint density at radius 1 is 1.57 bits per heavy atom. The van der Waals surface area contributed by atoms with E-state index in [1.54, 1.807) is 0 Å². The van der Waals surface area contributed by atoms with Gasteiger partial charge in [0.1, 0.15) is 5.84 Å². The number of amidine groups is 1. The molecule has 1 unspecified atom stereocenters. The molecule has 0 amide bonds. The van der Waals surface area contributed by atoms with Crippen LogP contribution in [0.5, 0.6) is 0 Å². The van der Waals surface area contributed by atoms with Crippen molar-refractivity contribution in [3.8, 4) is 0 Å². The molecule has 74 valence electrons. The Morgan fingerprint density at radius 3 is 3.00 bits per heavy atom. The molecule has 1 atom stereocenters. The Morgan fingerprint density at radius 2 is 2.29 bits per heavy atom. The number of hydrogen-bond acceptors (Lipinski definition) is 2. The third kappa shape index (κ3) is 1.45. The molecule has 3 N–H and O–H groups in total. The SMILES string of the molecule is CC1Cc2ccccc2N1CC(=N)N. The molecule has 14 heavy (non-hydrogen) atoms. The zero-order valence-electron chi connectivity index (χ0n) is 8.33. The standard InChI is InChI=1S/C11H15N3/c1-8-6-9-4-2-3-5-10(9)14(8)7-11(12)13/h2-5,8H,6-7H2,1H3,(H3,12,13). The number of benzene rings is 1. The van der Waals surface area contributed by atoms with Crippen molar-refractivity contribution in [2.75, 3.05) is 11.4 Å². The average molecular weight is 189 g/mol. The van der Waals surface area contributed by atoms with Crippen molar-refractivity contribution in [3.05, 3.63) is 29.8 Å². The number of nitrogens with one attached hydrogen (secondary N) is 1. The van der Waals surface area contributed by atoms with E-state index in [1.165, 1.54) is 11.3 Å². The maximum absolute atomic E-state index is 7.33. The van der Waals surface area contributed by atoms with Crippen LogP contribution in [0.4, 0.5) is 5.69 Å². The largest absolute Gasteiger partial charge is 0.386 e. The topological polar surface area (TPSA) is 53.1 Å². The van der Waals surface area contributed by atoms with Gasteiger partial charge in [0.2, 0.25) is 0 Å². The van der Waals surface area contributed by atoms with Crippen LogP contribution in [0, 0.1) is 5.41 Å². The van der Waals surface area contributed by atoms with Gasteiger partial charge in [0.15, 0.2) is 0 Å². The van der Waals surface area contributed by atoms with E-state index in [0.717, 1.165) is 6.42 Å². The minimum Gasteiger partial charge on any atom is -0.386 e. The van der Waals surface area contributed by atoms with Crippen LogP contribution in [-0.4, -0.2) is 18.4 Å². The number of nitrogens with two attached hydrogens (primary N) is 1. The first-order chi connectivity index (χ1) is 6.68.